The third kappa shape index (κ3) is 3.29. The molecule has 0 aliphatic carbocycles. The van der Waals surface area contributed by atoms with Gasteiger partial charge in [-0.25, -0.2) is 9.38 Å². The molecule has 28 heavy (non-hydrogen) atoms. The molecule has 0 radical (unpaired) electrons. The molecule has 0 saturated carbocycles. The maximum atomic E-state index is 12.8. The van der Waals surface area contributed by atoms with Gasteiger partial charge in [-0.1, -0.05) is 29.5 Å². The Morgan fingerprint density at radius 1 is 1.21 bits per heavy atom. The highest BCUT2D eigenvalue weighted by Crippen LogP contribution is 2.28. The van der Waals surface area contributed by atoms with Gasteiger partial charge in [-0.2, -0.15) is 0 Å². The van der Waals surface area contributed by atoms with Gasteiger partial charge in [-0.15, -0.1) is 0 Å². The second-order valence-electron chi connectivity index (χ2n) is 5.93. The zero-order valence-corrected chi connectivity index (χ0v) is 15.7. The van der Waals surface area contributed by atoms with Crippen molar-refractivity contribution in [1.29, 1.82) is 0 Å². The smallest absolute Gasteiger partial charge is 0.274 e. The standard InChI is InChI=1S/C20H16N2O5S/c1-2-26-16-9-12(7-8-15(16)27-11-18(23)24)10-17-19(25)22-14-6-4-3-5-13(14)21-20(22)28-17/h3-10H,2,11H2,1H3,(H,23,24)/p-1/b17-10+. The summed E-state index contributed by atoms with van der Waals surface area (Å²) in [6, 6.07) is 12.5. The largest absolute Gasteiger partial charge is 0.546 e. The van der Waals surface area contributed by atoms with Gasteiger partial charge in [0.05, 0.1) is 28.1 Å². The van der Waals surface area contributed by atoms with E-state index in [4.69, 9.17) is 9.47 Å². The normalized spacial score (nSPS) is 12.0. The molecule has 0 spiro atoms. The van der Waals surface area contributed by atoms with Crippen molar-refractivity contribution in [2.75, 3.05) is 13.2 Å². The van der Waals surface area contributed by atoms with Gasteiger partial charge in [0.1, 0.15) is 6.61 Å². The lowest BCUT2D eigenvalue weighted by atomic mass is 10.2. The highest BCUT2D eigenvalue weighted by molar-refractivity contribution is 7.15. The Balaban J connectivity index is 1.78. The number of carbonyl (C=O) groups is 1. The van der Waals surface area contributed by atoms with E-state index in [1.807, 2.05) is 31.2 Å². The van der Waals surface area contributed by atoms with Crippen LogP contribution in [0.5, 0.6) is 11.5 Å². The van der Waals surface area contributed by atoms with Gasteiger partial charge in [0, 0.05) is 0 Å². The molecule has 142 valence electrons. The molecule has 0 aliphatic rings. The molecule has 2 heterocycles. The Labute approximate surface area is 163 Å². The molecule has 0 fully saturated rings. The fourth-order valence-corrected chi connectivity index (χ4v) is 3.89. The molecule has 0 saturated heterocycles. The van der Waals surface area contributed by atoms with Gasteiger partial charge in [0.15, 0.2) is 16.5 Å². The number of carboxylic acid groups (broad SMARTS) is 1. The van der Waals surface area contributed by atoms with Crippen LogP contribution in [0.1, 0.15) is 12.5 Å². The van der Waals surface area contributed by atoms with Crippen molar-refractivity contribution in [2.24, 2.45) is 0 Å². The molecule has 0 aliphatic heterocycles. The maximum Gasteiger partial charge on any atom is 0.274 e. The van der Waals surface area contributed by atoms with Crippen molar-refractivity contribution < 1.29 is 19.4 Å². The van der Waals surface area contributed by atoms with Gasteiger partial charge in [-0.3, -0.25) is 4.79 Å². The first-order valence-electron chi connectivity index (χ1n) is 8.58. The summed E-state index contributed by atoms with van der Waals surface area (Å²) < 4.78 is 12.9. The minimum Gasteiger partial charge on any atom is -0.546 e. The minimum absolute atomic E-state index is 0.135. The first-order valence-corrected chi connectivity index (χ1v) is 9.39. The summed E-state index contributed by atoms with van der Waals surface area (Å²) in [5.41, 5.74) is 2.16. The molecule has 0 N–H and O–H groups in total. The van der Waals surface area contributed by atoms with E-state index in [2.05, 4.69) is 4.98 Å². The molecule has 7 nitrogen and oxygen atoms in total. The van der Waals surface area contributed by atoms with E-state index in [1.165, 1.54) is 11.3 Å². The van der Waals surface area contributed by atoms with E-state index in [-0.39, 0.29) is 5.56 Å². The van der Waals surface area contributed by atoms with Crippen LogP contribution in [0.15, 0.2) is 47.3 Å². The number of aromatic nitrogens is 2. The molecule has 0 amide bonds. The predicted molar refractivity (Wildman–Crippen MR) is 104 cm³/mol. The Morgan fingerprint density at radius 3 is 2.82 bits per heavy atom. The van der Waals surface area contributed by atoms with Crippen LogP contribution in [0.2, 0.25) is 0 Å². The number of hydrogen-bond donors (Lipinski definition) is 0. The highest BCUT2D eigenvalue weighted by atomic mass is 32.1. The molecule has 4 rings (SSSR count). The number of benzene rings is 2. The van der Waals surface area contributed by atoms with Crippen molar-refractivity contribution in [3.8, 4) is 11.5 Å². The number of para-hydroxylation sites is 2. The van der Waals surface area contributed by atoms with Crippen LogP contribution in [0.4, 0.5) is 0 Å². The summed E-state index contributed by atoms with van der Waals surface area (Å²) in [5, 5.41) is 10.6. The van der Waals surface area contributed by atoms with Crippen molar-refractivity contribution >= 4 is 39.4 Å². The lowest BCUT2D eigenvalue weighted by Crippen LogP contribution is -2.29. The van der Waals surface area contributed by atoms with Crippen LogP contribution in [-0.4, -0.2) is 28.6 Å². The third-order valence-electron chi connectivity index (χ3n) is 4.06. The Kier molecular flexibility index (Phi) is 4.70. The number of nitrogens with zero attached hydrogens (tertiary/aromatic N) is 2. The lowest BCUT2D eigenvalue weighted by molar-refractivity contribution is -0.307. The SMILES string of the molecule is CCOc1cc(/C=c2/sc3nc4ccccc4n3c2=O)ccc1OCC(=O)[O-]. The van der Waals surface area contributed by atoms with E-state index >= 15 is 0 Å². The van der Waals surface area contributed by atoms with E-state index in [1.54, 1.807) is 28.7 Å². The quantitative estimate of drug-likeness (QED) is 0.483. The summed E-state index contributed by atoms with van der Waals surface area (Å²) in [4.78, 5) is 28.6. The van der Waals surface area contributed by atoms with Crippen LogP contribution in [0.3, 0.4) is 0 Å². The van der Waals surface area contributed by atoms with E-state index < -0.39 is 12.6 Å². The van der Waals surface area contributed by atoms with E-state index in [9.17, 15) is 14.7 Å². The number of imidazole rings is 1. The maximum absolute atomic E-state index is 12.8. The molecule has 2 aromatic heterocycles. The Hall–Kier alpha value is -3.39. The van der Waals surface area contributed by atoms with Crippen molar-refractivity contribution in [3.05, 3.63) is 62.9 Å². The minimum atomic E-state index is -1.32. The summed E-state index contributed by atoms with van der Waals surface area (Å²) in [7, 11) is 0. The second-order valence-corrected chi connectivity index (χ2v) is 6.94. The molecule has 4 aromatic rings. The third-order valence-corrected chi connectivity index (χ3v) is 5.02. The van der Waals surface area contributed by atoms with Gasteiger partial charge in [-0.05, 0) is 42.8 Å². The van der Waals surface area contributed by atoms with E-state index in [0.29, 0.717) is 27.6 Å². The zero-order valence-electron chi connectivity index (χ0n) is 14.9. The summed E-state index contributed by atoms with van der Waals surface area (Å²) in [6.07, 6.45) is 1.75. The number of aliphatic carboxylic acids is 1. The number of carbonyl (C=O) groups excluding carboxylic acids is 1. The lowest BCUT2D eigenvalue weighted by Gasteiger charge is -2.12. The number of hydrogen-bond acceptors (Lipinski definition) is 7. The number of carboxylic acids is 1. The van der Waals surface area contributed by atoms with Crippen LogP contribution in [-0.2, 0) is 4.79 Å². The Morgan fingerprint density at radius 2 is 2.04 bits per heavy atom. The fraction of sp³-hybridized carbons (Fsp3) is 0.150. The highest BCUT2D eigenvalue weighted by Gasteiger charge is 2.11. The van der Waals surface area contributed by atoms with Gasteiger partial charge < -0.3 is 19.4 Å². The summed E-state index contributed by atoms with van der Waals surface area (Å²) in [6.45, 7) is 1.63. The van der Waals surface area contributed by atoms with Gasteiger partial charge >= 0.3 is 0 Å². The molecule has 0 unspecified atom stereocenters. The molecular formula is C20H15N2O5S-. The molecular weight excluding hydrogens is 380 g/mol. The second kappa shape index (κ2) is 7.32. The van der Waals surface area contributed by atoms with Crippen LogP contribution < -0.4 is 24.7 Å². The van der Waals surface area contributed by atoms with Crippen LogP contribution in [0.25, 0.3) is 22.1 Å². The van der Waals surface area contributed by atoms with Gasteiger partial charge in [0.25, 0.3) is 5.56 Å². The first-order chi connectivity index (χ1) is 13.6. The number of ether oxygens (including phenoxy) is 2. The van der Waals surface area contributed by atoms with Crippen LogP contribution in [0, 0.1) is 0 Å². The number of rotatable bonds is 6. The van der Waals surface area contributed by atoms with Gasteiger partial charge in [0.2, 0.25) is 0 Å². The molecule has 2 aromatic carbocycles. The van der Waals surface area contributed by atoms with Crippen molar-refractivity contribution in [3.63, 3.8) is 0 Å². The summed E-state index contributed by atoms with van der Waals surface area (Å²) in [5.74, 6) is -0.613. The molecule has 0 bridgehead atoms. The summed E-state index contributed by atoms with van der Waals surface area (Å²) >= 11 is 1.31. The monoisotopic (exact) mass is 395 g/mol. The van der Waals surface area contributed by atoms with Crippen LogP contribution >= 0.6 is 11.3 Å². The fourth-order valence-electron chi connectivity index (χ4n) is 2.90. The van der Waals surface area contributed by atoms with E-state index in [0.717, 1.165) is 16.6 Å². The predicted octanol–water partition coefficient (Wildman–Crippen LogP) is 0.984. The molecule has 0 atom stereocenters. The number of fused-ring (bicyclic) bond motifs is 3. The van der Waals surface area contributed by atoms with Crippen molar-refractivity contribution in [2.45, 2.75) is 6.92 Å². The Bertz CT molecular complexity index is 1290. The average Bonchev–Trinajstić information content (AvgIpc) is 3.18. The topological polar surface area (TPSA) is 93.0 Å². The number of thiazole rings is 1. The average molecular weight is 395 g/mol. The molecule has 8 heteroatoms. The van der Waals surface area contributed by atoms with Crippen molar-refractivity contribution in [1.82, 2.24) is 9.38 Å². The first kappa shape index (κ1) is 18.0. The zero-order chi connectivity index (χ0) is 19.7.